The molecule has 1 N–H and O–H groups in total. The molecule has 2 aromatic rings. The summed E-state index contributed by atoms with van der Waals surface area (Å²) in [5, 5.41) is 3.02. The summed E-state index contributed by atoms with van der Waals surface area (Å²) >= 11 is 3.40. The monoisotopic (exact) mass is 400 g/mol. The van der Waals surface area contributed by atoms with Crippen molar-refractivity contribution in [2.45, 2.75) is 39.3 Å². The summed E-state index contributed by atoms with van der Waals surface area (Å²) in [5.41, 5.74) is 3.63. The molecule has 0 aromatic heterocycles. The number of halogens is 1. The van der Waals surface area contributed by atoms with Crippen LogP contribution in [0.1, 0.15) is 47.8 Å². The predicted molar refractivity (Wildman–Crippen MR) is 103 cm³/mol. The summed E-state index contributed by atoms with van der Waals surface area (Å²) < 4.78 is 0.942. The van der Waals surface area contributed by atoms with Crippen molar-refractivity contribution in [3.05, 3.63) is 63.6 Å². The number of anilines is 1. The number of rotatable bonds is 2. The molecular formula is C20H21BrN2O2. The molecule has 2 amide bonds. The van der Waals surface area contributed by atoms with Crippen LogP contribution < -0.4 is 10.2 Å². The third kappa shape index (κ3) is 3.61. The second kappa shape index (κ2) is 7.00. The van der Waals surface area contributed by atoms with Gasteiger partial charge in [-0.05, 0) is 56.2 Å². The Morgan fingerprint density at radius 1 is 1.16 bits per heavy atom. The molecule has 0 spiro atoms. The summed E-state index contributed by atoms with van der Waals surface area (Å²) in [6.45, 7) is 5.57. The lowest BCUT2D eigenvalue weighted by Crippen LogP contribution is -2.46. The molecule has 5 heteroatoms. The van der Waals surface area contributed by atoms with Gasteiger partial charge in [0.05, 0.1) is 6.04 Å². The minimum Gasteiger partial charge on any atom is -0.349 e. The molecule has 25 heavy (non-hydrogen) atoms. The first-order valence-corrected chi connectivity index (χ1v) is 9.13. The molecule has 1 aliphatic rings. The fourth-order valence-electron chi connectivity index (χ4n) is 3.41. The first-order valence-electron chi connectivity index (χ1n) is 8.33. The van der Waals surface area contributed by atoms with Crippen LogP contribution in [0.3, 0.4) is 0 Å². The second-order valence-electron chi connectivity index (χ2n) is 6.58. The first kappa shape index (κ1) is 17.7. The minimum absolute atomic E-state index is 0.0109. The molecule has 0 unspecified atom stereocenters. The Hall–Kier alpha value is -2.14. The molecule has 4 nitrogen and oxygen atoms in total. The Morgan fingerprint density at radius 3 is 2.48 bits per heavy atom. The number of nitrogens with one attached hydrogen (secondary N) is 1. The SMILES string of the molecule is CC(=O)N[C@@H]1C[C@@H](C)N(C(=O)c2ccc(Br)cc2)c2ccc(C)cc21. The zero-order valence-electron chi connectivity index (χ0n) is 14.5. The lowest BCUT2D eigenvalue weighted by atomic mass is 9.90. The van der Waals surface area contributed by atoms with Gasteiger partial charge in [-0.25, -0.2) is 0 Å². The highest BCUT2D eigenvalue weighted by Gasteiger charge is 2.34. The van der Waals surface area contributed by atoms with Crippen molar-refractivity contribution in [3.8, 4) is 0 Å². The van der Waals surface area contributed by atoms with Gasteiger partial charge < -0.3 is 10.2 Å². The molecule has 0 saturated heterocycles. The average molecular weight is 401 g/mol. The zero-order chi connectivity index (χ0) is 18.1. The minimum atomic E-state index is -0.0728. The molecule has 0 bridgehead atoms. The molecule has 130 valence electrons. The third-order valence-corrected chi connectivity index (χ3v) is 5.05. The number of aryl methyl sites for hydroxylation is 1. The van der Waals surface area contributed by atoms with Crippen molar-refractivity contribution in [1.29, 1.82) is 0 Å². The number of carbonyl (C=O) groups excluding carboxylic acids is 2. The van der Waals surface area contributed by atoms with Gasteiger partial charge in [0.1, 0.15) is 0 Å². The van der Waals surface area contributed by atoms with Crippen molar-refractivity contribution >= 4 is 33.4 Å². The van der Waals surface area contributed by atoms with Crippen molar-refractivity contribution in [2.24, 2.45) is 0 Å². The van der Waals surface area contributed by atoms with Crippen LogP contribution in [-0.4, -0.2) is 17.9 Å². The fourth-order valence-corrected chi connectivity index (χ4v) is 3.67. The van der Waals surface area contributed by atoms with Gasteiger partial charge in [0.2, 0.25) is 5.91 Å². The Kier molecular flexibility index (Phi) is 4.95. The van der Waals surface area contributed by atoms with Gasteiger partial charge in [-0.3, -0.25) is 9.59 Å². The number of nitrogens with zero attached hydrogens (tertiary/aromatic N) is 1. The molecule has 0 aliphatic carbocycles. The summed E-state index contributed by atoms with van der Waals surface area (Å²) in [4.78, 5) is 26.6. The number of hydrogen-bond donors (Lipinski definition) is 1. The Labute approximate surface area is 156 Å². The van der Waals surface area contributed by atoms with Crippen LogP contribution in [0.2, 0.25) is 0 Å². The highest BCUT2D eigenvalue weighted by atomic mass is 79.9. The molecule has 1 aliphatic heterocycles. The van der Waals surface area contributed by atoms with E-state index in [0.29, 0.717) is 12.0 Å². The maximum atomic E-state index is 13.1. The van der Waals surface area contributed by atoms with E-state index >= 15 is 0 Å². The van der Waals surface area contributed by atoms with Gasteiger partial charge in [0.25, 0.3) is 5.91 Å². The molecule has 0 radical (unpaired) electrons. The lowest BCUT2D eigenvalue weighted by molar-refractivity contribution is -0.119. The number of hydrogen-bond acceptors (Lipinski definition) is 2. The molecule has 2 aromatic carbocycles. The quantitative estimate of drug-likeness (QED) is 0.812. The van der Waals surface area contributed by atoms with E-state index < -0.39 is 0 Å². The molecule has 1 heterocycles. The van der Waals surface area contributed by atoms with E-state index in [-0.39, 0.29) is 23.9 Å². The van der Waals surface area contributed by atoms with E-state index in [9.17, 15) is 9.59 Å². The fraction of sp³-hybridized carbons (Fsp3) is 0.300. The van der Waals surface area contributed by atoms with E-state index in [1.54, 1.807) is 0 Å². The molecule has 2 atom stereocenters. The Morgan fingerprint density at radius 2 is 1.84 bits per heavy atom. The van der Waals surface area contributed by atoms with Gasteiger partial charge in [-0.2, -0.15) is 0 Å². The first-order chi connectivity index (χ1) is 11.9. The van der Waals surface area contributed by atoms with E-state index in [4.69, 9.17) is 0 Å². The highest BCUT2D eigenvalue weighted by molar-refractivity contribution is 9.10. The number of carbonyl (C=O) groups is 2. The summed E-state index contributed by atoms with van der Waals surface area (Å²) in [5.74, 6) is -0.0799. The smallest absolute Gasteiger partial charge is 0.258 e. The average Bonchev–Trinajstić information content (AvgIpc) is 2.55. The van der Waals surface area contributed by atoms with Crippen LogP contribution in [-0.2, 0) is 4.79 Å². The van der Waals surface area contributed by atoms with Crippen LogP contribution in [0.4, 0.5) is 5.69 Å². The lowest BCUT2D eigenvalue weighted by Gasteiger charge is -2.39. The molecule has 0 saturated carbocycles. The number of benzene rings is 2. The largest absolute Gasteiger partial charge is 0.349 e. The van der Waals surface area contributed by atoms with Gasteiger partial charge in [0, 0.05) is 28.7 Å². The van der Waals surface area contributed by atoms with Gasteiger partial charge in [0.15, 0.2) is 0 Å². The van der Waals surface area contributed by atoms with Crippen molar-refractivity contribution in [1.82, 2.24) is 5.32 Å². The van der Waals surface area contributed by atoms with Gasteiger partial charge in [-0.1, -0.05) is 33.6 Å². The summed E-state index contributed by atoms with van der Waals surface area (Å²) in [6, 6.07) is 13.4. The molecule has 3 rings (SSSR count). The van der Waals surface area contributed by atoms with Crippen molar-refractivity contribution < 1.29 is 9.59 Å². The Bertz CT molecular complexity index is 817. The molecule has 0 fully saturated rings. The van der Waals surface area contributed by atoms with Crippen LogP contribution in [0.15, 0.2) is 46.9 Å². The number of fused-ring (bicyclic) bond motifs is 1. The number of amides is 2. The third-order valence-electron chi connectivity index (χ3n) is 4.52. The van der Waals surface area contributed by atoms with E-state index in [1.165, 1.54) is 6.92 Å². The van der Waals surface area contributed by atoms with Gasteiger partial charge in [-0.15, -0.1) is 0 Å². The maximum Gasteiger partial charge on any atom is 0.258 e. The predicted octanol–water partition coefficient (Wildman–Crippen LogP) is 4.37. The van der Waals surface area contributed by atoms with E-state index in [0.717, 1.165) is 21.3 Å². The normalized spacial score (nSPS) is 19.3. The van der Waals surface area contributed by atoms with Crippen LogP contribution in [0.5, 0.6) is 0 Å². The molecular weight excluding hydrogens is 380 g/mol. The maximum absolute atomic E-state index is 13.1. The van der Waals surface area contributed by atoms with Gasteiger partial charge >= 0.3 is 0 Å². The zero-order valence-corrected chi connectivity index (χ0v) is 16.1. The van der Waals surface area contributed by atoms with Crippen LogP contribution in [0, 0.1) is 6.92 Å². The standard InChI is InChI=1S/C20H21BrN2O2/c1-12-4-9-19-17(10-12)18(22-14(3)24)11-13(2)23(19)20(25)15-5-7-16(21)8-6-15/h4-10,13,18H,11H2,1-3H3,(H,22,24)/t13-,18-/m1/s1. The highest BCUT2D eigenvalue weighted by Crippen LogP contribution is 2.38. The second-order valence-corrected chi connectivity index (χ2v) is 7.50. The van der Waals surface area contributed by atoms with E-state index in [2.05, 4.69) is 27.3 Å². The van der Waals surface area contributed by atoms with Crippen molar-refractivity contribution in [2.75, 3.05) is 4.90 Å². The van der Waals surface area contributed by atoms with Crippen molar-refractivity contribution in [3.63, 3.8) is 0 Å². The topological polar surface area (TPSA) is 49.4 Å². The van der Waals surface area contributed by atoms with Crippen LogP contribution >= 0.6 is 15.9 Å². The van der Waals surface area contributed by atoms with Crippen LogP contribution in [0.25, 0.3) is 0 Å². The summed E-state index contributed by atoms with van der Waals surface area (Å²) in [6.07, 6.45) is 0.693. The van der Waals surface area contributed by atoms with E-state index in [1.807, 2.05) is 55.1 Å². The summed E-state index contributed by atoms with van der Waals surface area (Å²) in [7, 11) is 0. The Balaban J connectivity index is 2.03.